The molecule has 346 valence electrons. The fourth-order valence-corrected chi connectivity index (χ4v) is 8.65. The van der Waals surface area contributed by atoms with Crippen molar-refractivity contribution in [2.45, 2.75) is 321 Å². The van der Waals surface area contributed by atoms with Gasteiger partial charge in [0.25, 0.3) is 0 Å². The molecule has 3 N–H and O–H groups in total. The third kappa shape index (κ3) is 46.2. The Morgan fingerprint density at radius 3 is 0.948 bits per heavy atom. The minimum absolute atomic E-state index is 0.0265. The van der Waals surface area contributed by atoms with Crippen LogP contribution in [-0.2, 0) is 4.79 Å². The molecule has 2 unspecified atom stereocenters. The molecular weight excluding hydrogens is 711 g/mol. The van der Waals surface area contributed by atoms with Gasteiger partial charge in [-0.1, -0.05) is 276 Å². The van der Waals surface area contributed by atoms with Crippen LogP contribution in [0.5, 0.6) is 0 Å². The number of aliphatic hydroxyl groups is 2. The number of aliphatic hydroxyl groups excluding tert-OH is 2. The fraction of sp³-hybridized carbons (Fsp3) is 0.944. The van der Waals surface area contributed by atoms with Crippen LogP contribution < -0.4 is 5.32 Å². The quantitative estimate of drug-likeness (QED) is 0.0423. The molecule has 0 bridgehead atoms. The second-order valence-electron chi connectivity index (χ2n) is 18.7. The van der Waals surface area contributed by atoms with Gasteiger partial charge < -0.3 is 15.5 Å². The zero-order valence-electron chi connectivity index (χ0n) is 39.8. The van der Waals surface area contributed by atoms with Crippen LogP contribution >= 0.6 is 0 Å². The number of hydrogen-bond acceptors (Lipinski definition) is 3. The Morgan fingerprint density at radius 2 is 0.655 bits per heavy atom. The molecule has 0 aromatic carbocycles. The van der Waals surface area contributed by atoms with Gasteiger partial charge in [0.15, 0.2) is 0 Å². The van der Waals surface area contributed by atoms with Gasteiger partial charge in [-0.3, -0.25) is 4.79 Å². The van der Waals surface area contributed by atoms with Crippen molar-refractivity contribution in [1.29, 1.82) is 0 Å². The smallest absolute Gasteiger partial charge is 0.220 e. The van der Waals surface area contributed by atoms with Crippen molar-refractivity contribution in [3.63, 3.8) is 0 Å². The van der Waals surface area contributed by atoms with Crippen LogP contribution in [0.1, 0.15) is 309 Å². The van der Waals surface area contributed by atoms with Crippen molar-refractivity contribution in [2.24, 2.45) is 0 Å². The van der Waals surface area contributed by atoms with E-state index in [2.05, 4.69) is 31.3 Å². The third-order valence-corrected chi connectivity index (χ3v) is 12.8. The van der Waals surface area contributed by atoms with E-state index in [1.165, 1.54) is 257 Å². The molecule has 0 heterocycles. The first-order valence-electron chi connectivity index (χ1n) is 26.9. The van der Waals surface area contributed by atoms with Gasteiger partial charge in [-0.2, -0.15) is 0 Å². The highest BCUT2D eigenvalue weighted by molar-refractivity contribution is 5.76. The van der Waals surface area contributed by atoms with Crippen LogP contribution in [0.2, 0.25) is 0 Å². The van der Waals surface area contributed by atoms with Crippen LogP contribution in [0.25, 0.3) is 0 Å². The molecule has 0 aromatic rings. The molecule has 0 saturated carbocycles. The van der Waals surface area contributed by atoms with Gasteiger partial charge in [0.1, 0.15) is 0 Å². The normalized spacial score (nSPS) is 12.8. The number of unbranched alkanes of at least 4 members (excludes halogenated alkanes) is 41. The van der Waals surface area contributed by atoms with Gasteiger partial charge in [-0.05, 0) is 38.5 Å². The Labute approximate surface area is 365 Å². The van der Waals surface area contributed by atoms with Crippen LogP contribution in [0.4, 0.5) is 0 Å². The van der Waals surface area contributed by atoms with Crippen molar-refractivity contribution in [3.05, 3.63) is 12.2 Å². The molecule has 0 aliphatic heterocycles. The second kappa shape index (κ2) is 50.5. The van der Waals surface area contributed by atoms with Gasteiger partial charge in [-0.15, -0.1) is 0 Å². The Kier molecular flexibility index (Phi) is 49.7. The summed E-state index contributed by atoms with van der Waals surface area (Å²) in [5.41, 5.74) is 0. The molecule has 58 heavy (non-hydrogen) atoms. The summed E-state index contributed by atoms with van der Waals surface area (Å²) >= 11 is 0. The zero-order chi connectivity index (χ0) is 42.1. The summed E-state index contributed by atoms with van der Waals surface area (Å²) in [6.45, 7) is 4.39. The van der Waals surface area contributed by atoms with E-state index in [-0.39, 0.29) is 12.5 Å². The number of allylic oxidation sites excluding steroid dienone is 2. The largest absolute Gasteiger partial charge is 0.394 e. The van der Waals surface area contributed by atoms with Crippen LogP contribution in [0, 0.1) is 0 Å². The summed E-state index contributed by atoms with van der Waals surface area (Å²) in [4.78, 5) is 12.5. The Bertz CT molecular complexity index is 799. The lowest BCUT2D eigenvalue weighted by Crippen LogP contribution is -2.45. The maximum atomic E-state index is 12.5. The summed E-state index contributed by atoms with van der Waals surface area (Å²) in [6.07, 6.45) is 64.7. The van der Waals surface area contributed by atoms with E-state index in [0.29, 0.717) is 12.8 Å². The highest BCUT2D eigenvalue weighted by atomic mass is 16.3. The molecule has 0 radical (unpaired) electrons. The SMILES string of the molecule is CCCCCCCCCC/C=C\CCCCCCCCCCCCCC(=O)NC(CO)C(O)CCCCCCCCCCCCCCCCCCCCCCCCC. The van der Waals surface area contributed by atoms with Gasteiger partial charge in [-0.25, -0.2) is 0 Å². The maximum absolute atomic E-state index is 12.5. The summed E-state index contributed by atoms with van der Waals surface area (Å²) in [6, 6.07) is -0.534. The molecule has 0 spiro atoms. The highest BCUT2D eigenvalue weighted by Gasteiger charge is 2.20. The highest BCUT2D eigenvalue weighted by Crippen LogP contribution is 2.18. The molecule has 0 aromatic heterocycles. The molecule has 0 aliphatic rings. The predicted octanol–water partition coefficient (Wildman–Crippen LogP) is 17.4. The molecular formula is C54H107NO3. The molecule has 4 heteroatoms. The van der Waals surface area contributed by atoms with Gasteiger partial charge >= 0.3 is 0 Å². The summed E-state index contributed by atoms with van der Waals surface area (Å²) in [5, 5.41) is 23.3. The van der Waals surface area contributed by atoms with E-state index in [0.717, 1.165) is 25.7 Å². The van der Waals surface area contributed by atoms with Crippen molar-refractivity contribution >= 4 is 5.91 Å². The standard InChI is InChI=1S/C54H107NO3/c1-3-5-7-9-11-13-15-17-19-21-23-25-27-29-31-33-35-37-39-41-43-45-47-49-53(57)52(51-56)55-54(58)50-48-46-44-42-40-38-36-34-32-30-28-26-24-22-20-18-16-14-12-10-8-6-4-2/h22,24,52-53,56-57H,3-21,23,25-51H2,1-2H3,(H,55,58)/b24-22-. The monoisotopic (exact) mass is 818 g/mol. The number of rotatable bonds is 50. The molecule has 0 saturated heterocycles. The first-order valence-corrected chi connectivity index (χ1v) is 26.9. The molecule has 0 rings (SSSR count). The van der Waals surface area contributed by atoms with E-state index < -0.39 is 12.1 Å². The van der Waals surface area contributed by atoms with Crippen LogP contribution in [-0.4, -0.2) is 34.9 Å². The average Bonchev–Trinajstić information content (AvgIpc) is 3.23. The number of carbonyl (C=O) groups excluding carboxylic acids is 1. The Balaban J connectivity index is 3.44. The Morgan fingerprint density at radius 1 is 0.397 bits per heavy atom. The van der Waals surface area contributed by atoms with Crippen molar-refractivity contribution in [2.75, 3.05) is 6.61 Å². The third-order valence-electron chi connectivity index (χ3n) is 12.8. The van der Waals surface area contributed by atoms with Gasteiger partial charge in [0.05, 0.1) is 18.8 Å². The molecule has 2 atom stereocenters. The number of amides is 1. The van der Waals surface area contributed by atoms with Crippen LogP contribution in [0.15, 0.2) is 12.2 Å². The lowest BCUT2D eigenvalue weighted by molar-refractivity contribution is -0.123. The molecule has 0 aliphatic carbocycles. The van der Waals surface area contributed by atoms with E-state index in [4.69, 9.17) is 0 Å². The molecule has 1 amide bonds. The van der Waals surface area contributed by atoms with E-state index in [1.54, 1.807) is 0 Å². The van der Waals surface area contributed by atoms with Crippen molar-refractivity contribution in [1.82, 2.24) is 5.32 Å². The van der Waals surface area contributed by atoms with Crippen LogP contribution in [0.3, 0.4) is 0 Å². The summed E-state index contributed by atoms with van der Waals surface area (Å²) in [7, 11) is 0. The lowest BCUT2D eigenvalue weighted by atomic mass is 10.0. The number of nitrogens with one attached hydrogen (secondary N) is 1. The van der Waals surface area contributed by atoms with E-state index >= 15 is 0 Å². The van der Waals surface area contributed by atoms with E-state index in [1.807, 2.05) is 0 Å². The van der Waals surface area contributed by atoms with Crippen molar-refractivity contribution in [3.8, 4) is 0 Å². The predicted molar refractivity (Wildman–Crippen MR) is 258 cm³/mol. The first kappa shape index (κ1) is 57.1. The lowest BCUT2D eigenvalue weighted by Gasteiger charge is -2.22. The minimum atomic E-state index is -0.657. The topological polar surface area (TPSA) is 69.6 Å². The summed E-state index contributed by atoms with van der Waals surface area (Å²) < 4.78 is 0. The molecule has 0 fully saturated rings. The molecule has 4 nitrogen and oxygen atoms in total. The second-order valence-corrected chi connectivity index (χ2v) is 18.7. The first-order chi connectivity index (χ1) is 28.7. The number of hydrogen-bond donors (Lipinski definition) is 3. The number of carbonyl (C=O) groups is 1. The van der Waals surface area contributed by atoms with Crippen molar-refractivity contribution < 1.29 is 15.0 Å². The Hall–Kier alpha value is -0.870. The van der Waals surface area contributed by atoms with Gasteiger partial charge in [0, 0.05) is 6.42 Å². The fourth-order valence-electron chi connectivity index (χ4n) is 8.65. The maximum Gasteiger partial charge on any atom is 0.220 e. The zero-order valence-corrected chi connectivity index (χ0v) is 39.8. The summed E-state index contributed by atoms with van der Waals surface area (Å²) in [5.74, 6) is -0.0265. The van der Waals surface area contributed by atoms with Gasteiger partial charge in [0.2, 0.25) is 5.91 Å². The minimum Gasteiger partial charge on any atom is -0.394 e. The average molecular weight is 818 g/mol. The van der Waals surface area contributed by atoms with E-state index in [9.17, 15) is 15.0 Å².